The van der Waals surface area contributed by atoms with Crippen LogP contribution in [0.5, 0.6) is 0 Å². The second kappa shape index (κ2) is 5.93. The van der Waals surface area contributed by atoms with Crippen LogP contribution in [0.15, 0.2) is 48.5 Å². The van der Waals surface area contributed by atoms with Crippen LogP contribution >= 0.6 is 0 Å². The van der Waals surface area contributed by atoms with Gasteiger partial charge in [0.15, 0.2) is 0 Å². The molecule has 0 bridgehead atoms. The van der Waals surface area contributed by atoms with Gasteiger partial charge < -0.3 is 0 Å². The van der Waals surface area contributed by atoms with Gasteiger partial charge in [0.2, 0.25) is 0 Å². The van der Waals surface area contributed by atoms with E-state index in [-0.39, 0.29) is 22.5 Å². The summed E-state index contributed by atoms with van der Waals surface area (Å²) in [6.07, 6.45) is -0.834. The van der Waals surface area contributed by atoms with Crippen LogP contribution in [0.1, 0.15) is 15.9 Å². The lowest BCUT2D eigenvalue weighted by molar-refractivity contribution is -0.384. The number of benzene rings is 2. The van der Waals surface area contributed by atoms with Crippen molar-refractivity contribution in [2.45, 2.75) is 12.3 Å². The molecule has 0 unspecified atom stereocenters. The number of hydrogen-bond acceptors (Lipinski definition) is 4. The van der Waals surface area contributed by atoms with Crippen LogP contribution in [0.2, 0.25) is 0 Å². The summed E-state index contributed by atoms with van der Waals surface area (Å²) < 4.78 is 27.8. The predicted octanol–water partition coefficient (Wildman–Crippen LogP) is 2.46. The fourth-order valence-electron chi connectivity index (χ4n) is 2.46. The fraction of sp³-hybridized carbons (Fsp3) is 0.125. The number of carbonyl (C=O) groups excluding carboxylic acids is 2. The molecule has 128 valence electrons. The maximum absolute atomic E-state index is 13.9. The minimum Gasteiger partial charge on any atom is -0.267 e. The maximum Gasteiger partial charge on any atom is 0.330 e. The predicted molar refractivity (Wildman–Crippen MR) is 83.1 cm³/mol. The largest absolute Gasteiger partial charge is 0.330 e. The number of nitrogens with one attached hydrogen (secondary N) is 1. The van der Waals surface area contributed by atoms with Crippen LogP contribution in [0, 0.1) is 10.1 Å². The third-order valence-electron chi connectivity index (χ3n) is 3.72. The fourth-order valence-corrected chi connectivity index (χ4v) is 2.46. The Kier molecular flexibility index (Phi) is 3.91. The molecule has 1 aliphatic rings. The van der Waals surface area contributed by atoms with Gasteiger partial charge in [-0.25, -0.2) is 5.01 Å². The van der Waals surface area contributed by atoms with Crippen molar-refractivity contribution in [2.75, 3.05) is 5.01 Å². The number of amides is 2. The van der Waals surface area contributed by atoms with Crippen LogP contribution in [-0.2, 0) is 11.2 Å². The number of halogens is 2. The molecule has 0 aromatic heterocycles. The number of alkyl halides is 2. The number of carbonyl (C=O) groups is 2. The SMILES string of the molecule is O=C(c1ccc([N+](=O)[O-])cc1)N1NC(=O)C(F)(F)Cc2ccccc21. The Bertz CT molecular complexity index is 868. The second-order valence-corrected chi connectivity index (χ2v) is 5.40. The third kappa shape index (κ3) is 3.03. The normalized spacial score (nSPS) is 15.8. The lowest BCUT2D eigenvalue weighted by Gasteiger charge is -2.23. The van der Waals surface area contributed by atoms with Crippen molar-refractivity contribution in [1.29, 1.82) is 0 Å². The lowest BCUT2D eigenvalue weighted by atomic mass is 10.1. The Morgan fingerprint density at radius 3 is 2.44 bits per heavy atom. The van der Waals surface area contributed by atoms with E-state index in [2.05, 4.69) is 0 Å². The van der Waals surface area contributed by atoms with Crippen molar-refractivity contribution < 1.29 is 23.3 Å². The number of nitro benzene ring substituents is 1. The molecule has 0 fully saturated rings. The van der Waals surface area contributed by atoms with E-state index in [4.69, 9.17) is 0 Å². The van der Waals surface area contributed by atoms with Gasteiger partial charge in [-0.05, 0) is 23.8 Å². The van der Waals surface area contributed by atoms with Gasteiger partial charge in [-0.2, -0.15) is 8.78 Å². The van der Waals surface area contributed by atoms with Gasteiger partial charge in [0.1, 0.15) is 0 Å². The Morgan fingerprint density at radius 1 is 1.16 bits per heavy atom. The molecule has 0 saturated heterocycles. The second-order valence-electron chi connectivity index (χ2n) is 5.40. The number of hydrogen-bond donors (Lipinski definition) is 1. The summed E-state index contributed by atoms with van der Waals surface area (Å²) in [7, 11) is 0. The van der Waals surface area contributed by atoms with Gasteiger partial charge in [0.25, 0.3) is 11.6 Å². The molecule has 1 N–H and O–H groups in total. The number of fused-ring (bicyclic) bond motifs is 1. The first-order chi connectivity index (χ1) is 11.8. The number of nitrogens with zero attached hydrogens (tertiary/aromatic N) is 2. The standard InChI is InChI=1S/C16H11F2N3O4/c17-16(18)9-11-3-1-2-4-13(11)20(19-15(16)23)14(22)10-5-7-12(8-6-10)21(24)25/h1-8H,9H2,(H,19,23). The van der Waals surface area contributed by atoms with Crippen LogP contribution < -0.4 is 10.4 Å². The van der Waals surface area contributed by atoms with Crippen LogP contribution in [0.3, 0.4) is 0 Å². The molecule has 2 amide bonds. The number of para-hydroxylation sites is 1. The number of nitro groups is 1. The Labute approximate surface area is 140 Å². The van der Waals surface area contributed by atoms with E-state index in [9.17, 15) is 28.5 Å². The number of rotatable bonds is 2. The first kappa shape index (κ1) is 16.5. The molecule has 2 aromatic rings. The van der Waals surface area contributed by atoms with E-state index in [1.165, 1.54) is 30.3 Å². The highest BCUT2D eigenvalue weighted by Crippen LogP contribution is 2.31. The van der Waals surface area contributed by atoms with Gasteiger partial charge >= 0.3 is 11.8 Å². The first-order valence-electron chi connectivity index (χ1n) is 7.15. The summed E-state index contributed by atoms with van der Waals surface area (Å²) in [6.45, 7) is 0. The van der Waals surface area contributed by atoms with Crippen LogP contribution in [0.4, 0.5) is 20.2 Å². The van der Waals surface area contributed by atoms with Gasteiger partial charge in [0, 0.05) is 24.1 Å². The van der Waals surface area contributed by atoms with Crippen molar-refractivity contribution in [1.82, 2.24) is 5.43 Å². The average Bonchev–Trinajstić information content (AvgIpc) is 2.68. The first-order valence-corrected chi connectivity index (χ1v) is 7.15. The molecule has 0 spiro atoms. The van der Waals surface area contributed by atoms with Gasteiger partial charge in [-0.1, -0.05) is 18.2 Å². The summed E-state index contributed by atoms with van der Waals surface area (Å²) in [5.41, 5.74) is 1.96. The molecule has 7 nitrogen and oxygen atoms in total. The van der Waals surface area contributed by atoms with Gasteiger partial charge in [0.05, 0.1) is 10.6 Å². The summed E-state index contributed by atoms with van der Waals surface area (Å²) >= 11 is 0. The zero-order chi connectivity index (χ0) is 18.2. The summed E-state index contributed by atoms with van der Waals surface area (Å²) in [4.78, 5) is 34.4. The average molecular weight is 347 g/mol. The Balaban J connectivity index is 2.01. The summed E-state index contributed by atoms with van der Waals surface area (Å²) in [5, 5.41) is 11.4. The van der Waals surface area contributed by atoms with E-state index in [1.807, 2.05) is 5.43 Å². The van der Waals surface area contributed by atoms with Crippen LogP contribution in [-0.4, -0.2) is 22.7 Å². The topological polar surface area (TPSA) is 92.5 Å². The van der Waals surface area contributed by atoms with E-state index in [1.54, 1.807) is 6.07 Å². The zero-order valence-corrected chi connectivity index (χ0v) is 12.6. The van der Waals surface area contributed by atoms with Crippen molar-refractivity contribution >= 4 is 23.2 Å². The molecule has 3 rings (SSSR count). The maximum atomic E-state index is 13.9. The van der Waals surface area contributed by atoms with E-state index < -0.39 is 29.1 Å². The minimum absolute atomic E-state index is 0.00548. The molecule has 1 aliphatic heterocycles. The Morgan fingerprint density at radius 2 is 1.80 bits per heavy atom. The van der Waals surface area contributed by atoms with E-state index in [0.717, 1.165) is 17.1 Å². The molecular weight excluding hydrogens is 336 g/mol. The highest BCUT2D eigenvalue weighted by atomic mass is 19.3. The van der Waals surface area contributed by atoms with Crippen molar-refractivity contribution in [3.05, 3.63) is 69.8 Å². The van der Waals surface area contributed by atoms with Crippen LogP contribution in [0.25, 0.3) is 0 Å². The van der Waals surface area contributed by atoms with Crippen molar-refractivity contribution in [3.63, 3.8) is 0 Å². The lowest BCUT2D eigenvalue weighted by Crippen LogP contribution is -2.51. The number of hydrazine groups is 1. The molecular formula is C16H11F2N3O4. The molecule has 25 heavy (non-hydrogen) atoms. The minimum atomic E-state index is -3.67. The zero-order valence-electron chi connectivity index (χ0n) is 12.6. The molecule has 0 atom stereocenters. The monoisotopic (exact) mass is 347 g/mol. The molecule has 9 heteroatoms. The summed E-state index contributed by atoms with van der Waals surface area (Å²) in [5.74, 6) is -6.05. The van der Waals surface area contributed by atoms with Gasteiger partial charge in [-0.15, -0.1) is 0 Å². The molecule has 2 aromatic carbocycles. The highest BCUT2D eigenvalue weighted by Gasteiger charge is 2.44. The van der Waals surface area contributed by atoms with E-state index >= 15 is 0 Å². The number of non-ortho nitro benzene ring substituents is 1. The molecule has 0 saturated carbocycles. The molecule has 0 radical (unpaired) electrons. The molecule has 1 heterocycles. The summed E-state index contributed by atoms with van der Waals surface area (Å²) in [6, 6.07) is 10.5. The third-order valence-corrected chi connectivity index (χ3v) is 3.72. The quantitative estimate of drug-likeness (QED) is 0.667. The Hall–Kier alpha value is -3.36. The smallest absolute Gasteiger partial charge is 0.267 e. The molecule has 0 aliphatic carbocycles. The van der Waals surface area contributed by atoms with E-state index in [0.29, 0.717) is 0 Å². The highest BCUT2D eigenvalue weighted by molar-refractivity contribution is 6.08. The van der Waals surface area contributed by atoms with Crippen molar-refractivity contribution in [2.24, 2.45) is 0 Å². The van der Waals surface area contributed by atoms with Gasteiger partial charge in [-0.3, -0.25) is 25.1 Å². The number of anilines is 1. The van der Waals surface area contributed by atoms with Crippen molar-refractivity contribution in [3.8, 4) is 0 Å².